The summed E-state index contributed by atoms with van der Waals surface area (Å²) in [6, 6.07) is 7.79. The van der Waals surface area contributed by atoms with Crippen molar-refractivity contribution in [2.75, 3.05) is 37.7 Å². The summed E-state index contributed by atoms with van der Waals surface area (Å²) in [5.41, 5.74) is 2.83. The molecule has 0 unspecified atom stereocenters. The number of hydrogen-bond donors (Lipinski definition) is 1. The fourth-order valence-corrected chi connectivity index (χ4v) is 3.44. The molecule has 3 heterocycles. The Labute approximate surface area is 156 Å². The zero-order chi connectivity index (χ0) is 18.6. The maximum absolute atomic E-state index is 12.4. The number of aromatic nitrogens is 4. The van der Waals surface area contributed by atoms with E-state index in [9.17, 15) is 4.79 Å². The Hall–Kier alpha value is -2.84. The zero-order valence-electron chi connectivity index (χ0n) is 15.0. The van der Waals surface area contributed by atoms with E-state index in [2.05, 4.69) is 25.0 Å². The first kappa shape index (κ1) is 17.6. The molecule has 1 fully saturated rings. The van der Waals surface area contributed by atoms with Crippen LogP contribution in [0.5, 0.6) is 0 Å². The third-order valence-corrected chi connectivity index (χ3v) is 4.94. The molecule has 1 saturated heterocycles. The first-order chi connectivity index (χ1) is 13.2. The molecule has 0 aliphatic carbocycles. The fraction of sp³-hybridized carbons (Fsp3) is 0.368. The predicted molar refractivity (Wildman–Crippen MR) is 103 cm³/mol. The highest BCUT2D eigenvalue weighted by atomic mass is 16.3. The van der Waals surface area contributed by atoms with E-state index in [1.54, 1.807) is 6.20 Å². The number of rotatable bonds is 5. The molecular weight excluding hydrogens is 344 g/mol. The summed E-state index contributed by atoms with van der Waals surface area (Å²) in [6.45, 7) is 4.84. The van der Waals surface area contributed by atoms with Crippen LogP contribution in [-0.4, -0.2) is 62.5 Å². The Bertz CT molecular complexity index is 967. The van der Waals surface area contributed by atoms with Crippen LogP contribution in [0.1, 0.15) is 5.56 Å². The molecule has 0 spiro atoms. The highest BCUT2D eigenvalue weighted by Gasteiger charge is 2.18. The number of aliphatic hydroxyl groups excluding tert-OH is 1. The Kier molecular flexibility index (Phi) is 5.08. The van der Waals surface area contributed by atoms with Crippen LogP contribution in [0.25, 0.3) is 10.9 Å². The summed E-state index contributed by atoms with van der Waals surface area (Å²) in [5.74, 6) is 0. The lowest BCUT2D eigenvalue weighted by atomic mass is 10.2. The average molecular weight is 366 g/mol. The molecule has 1 N–H and O–H groups in total. The molecular formula is C19H22N6O2. The summed E-state index contributed by atoms with van der Waals surface area (Å²) < 4.78 is 1.44. The quantitative estimate of drug-likeness (QED) is 0.704. The number of aliphatic hydroxyl groups is 1. The van der Waals surface area contributed by atoms with Gasteiger partial charge in [0.05, 0.1) is 36.6 Å². The van der Waals surface area contributed by atoms with E-state index in [4.69, 9.17) is 5.11 Å². The van der Waals surface area contributed by atoms with Gasteiger partial charge >= 0.3 is 0 Å². The zero-order valence-corrected chi connectivity index (χ0v) is 15.0. The lowest BCUT2D eigenvalue weighted by molar-refractivity contribution is 0.249. The van der Waals surface area contributed by atoms with Gasteiger partial charge in [-0.05, 0) is 29.8 Å². The van der Waals surface area contributed by atoms with E-state index in [0.29, 0.717) is 10.9 Å². The number of benzene rings is 1. The lowest BCUT2D eigenvalue weighted by Gasteiger charge is -2.36. The molecule has 0 amide bonds. The Morgan fingerprint density at radius 3 is 2.67 bits per heavy atom. The van der Waals surface area contributed by atoms with Gasteiger partial charge in [-0.3, -0.25) is 14.3 Å². The van der Waals surface area contributed by atoms with Gasteiger partial charge < -0.3 is 10.0 Å². The Balaban J connectivity index is 1.46. The normalized spacial score (nSPS) is 15.4. The molecule has 140 valence electrons. The van der Waals surface area contributed by atoms with Gasteiger partial charge in [0.2, 0.25) is 0 Å². The van der Waals surface area contributed by atoms with Crippen LogP contribution in [0.2, 0.25) is 0 Å². The first-order valence-electron chi connectivity index (χ1n) is 9.07. The molecule has 27 heavy (non-hydrogen) atoms. The predicted octanol–water partition coefficient (Wildman–Crippen LogP) is 0.501. The third kappa shape index (κ3) is 3.81. The van der Waals surface area contributed by atoms with Crippen molar-refractivity contribution >= 4 is 16.6 Å². The van der Waals surface area contributed by atoms with Crippen LogP contribution in [0.4, 0.5) is 5.69 Å². The van der Waals surface area contributed by atoms with Gasteiger partial charge in [-0.2, -0.15) is 10.2 Å². The molecule has 0 saturated carbocycles. The SMILES string of the molecule is O=c1c2ccc(N3CCN(Cc4ccnnc4)CC3)cc2ncn1CCO. The van der Waals surface area contributed by atoms with E-state index >= 15 is 0 Å². The molecule has 0 atom stereocenters. The van der Waals surface area contributed by atoms with Gasteiger partial charge in [-0.1, -0.05) is 0 Å². The molecule has 1 aromatic carbocycles. The fourth-order valence-electron chi connectivity index (χ4n) is 3.44. The highest BCUT2D eigenvalue weighted by Crippen LogP contribution is 2.21. The van der Waals surface area contributed by atoms with Gasteiger partial charge in [0.1, 0.15) is 0 Å². The van der Waals surface area contributed by atoms with Crippen molar-refractivity contribution in [2.24, 2.45) is 0 Å². The summed E-state index contributed by atoms with van der Waals surface area (Å²) in [5, 5.41) is 17.4. The topological polar surface area (TPSA) is 87.4 Å². The summed E-state index contributed by atoms with van der Waals surface area (Å²) in [4.78, 5) is 21.5. The average Bonchev–Trinajstić information content (AvgIpc) is 2.71. The highest BCUT2D eigenvalue weighted by molar-refractivity contribution is 5.81. The monoisotopic (exact) mass is 366 g/mol. The second-order valence-corrected chi connectivity index (χ2v) is 6.68. The summed E-state index contributed by atoms with van der Waals surface area (Å²) in [6.07, 6.45) is 5.04. The molecule has 8 heteroatoms. The van der Waals surface area contributed by atoms with Gasteiger partial charge in [-0.15, -0.1) is 0 Å². The first-order valence-corrected chi connectivity index (χ1v) is 9.07. The smallest absolute Gasteiger partial charge is 0.261 e. The van der Waals surface area contributed by atoms with Crippen molar-refractivity contribution in [3.8, 4) is 0 Å². The molecule has 0 radical (unpaired) electrons. The van der Waals surface area contributed by atoms with Gasteiger partial charge in [0.25, 0.3) is 5.56 Å². The number of nitrogens with zero attached hydrogens (tertiary/aromatic N) is 6. The van der Waals surface area contributed by atoms with E-state index in [-0.39, 0.29) is 18.7 Å². The van der Waals surface area contributed by atoms with Gasteiger partial charge in [0.15, 0.2) is 0 Å². The van der Waals surface area contributed by atoms with E-state index in [1.165, 1.54) is 16.5 Å². The minimum Gasteiger partial charge on any atom is -0.395 e. The number of hydrogen-bond acceptors (Lipinski definition) is 7. The lowest BCUT2D eigenvalue weighted by Crippen LogP contribution is -2.46. The molecule has 0 bridgehead atoms. The van der Waals surface area contributed by atoms with E-state index < -0.39 is 0 Å². The number of fused-ring (bicyclic) bond motifs is 1. The molecule has 3 aromatic rings. The van der Waals surface area contributed by atoms with E-state index in [0.717, 1.165) is 38.4 Å². The maximum atomic E-state index is 12.4. The van der Waals surface area contributed by atoms with Crippen LogP contribution < -0.4 is 10.5 Å². The van der Waals surface area contributed by atoms with E-state index in [1.807, 2.05) is 30.5 Å². The molecule has 4 rings (SSSR count). The van der Waals surface area contributed by atoms with Crippen LogP contribution in [-0.2, 0) is 13.1 Å². The maximum Gasteiger partial charge on any atom is 0.261 e. The minimum atomic E-state index is -0.114. The van der Waals surface area contributed by atoms with Crippen LogP contribution in [0.3, 0.4) is 0 Å². The van der Waals surface area contributed by atoms with Gasteiger partial charge in [0, 0.05) is 44.6 Å². The van der Waals surface area contributed by atoms with Crippen molar-refractivity contribution < 1.29 is 5.11 Å². The van der Waals surface area contributed by atoms with Crippen LogP contribution >= 0.6 is 0 Å². The molecule has 8 nitrogen and oxygen atoms in total. The minimum absolute atomic E-state index is 0.0784. The second-order valence-electron chi connectivity index (χ2n) is 6.68. The van der Waals surface area contributed by atoms with Crippen LogP contribution in [0.15, 0.2) is 47.8 Å². The molecule has 1 aliphatic rings. The summed E-state index contributed by atoms with van der Waals surface area (Å²) in [7, 11) is 0. The summed E-state index contributed by atoms with van der Waals surface area (Å²) >= 11 is 0. The van der Waals surface area contributed by atoms with Crippen molar-refractivity contribution in [3.05, 3.63) is 58.9 Å². The van der Waals surface area contributed by atoms with Crippen molar-refractivity contribution in [1.82, 2.24) is 24.6 Å². The Morgan fingerprint density at radius 2 is 1.93 bits per heavy atom. The number of anilines is 1. The van der Waals surface area contributed by atoms with Crippen molar-refractivity contribution in [2.45, 2.75) is 13.1 Å². The molecule has 2 aromatic heterocycles. The second kappa shape index (κ2) is 7.81. The van der Waals surface area contributed by atoms with Crippen LogP contribution in [0, 0.1) is 0 Å². The van der Waals surface area contributed by atoms with Crippen molar-refractivity contribution in [1.29, 1.82) is 0 Å². The standard InChI is InChI=1S/C19H22N6O2/c26-10-9-25-14-20-18-11-16(1-2-17(18)19(25)27)24-7-5-23(6-8-24)13-15-3-4-21-22-12-15/h1-4,11-12,14,26H,5-10,13H2. The van der Waals surface area contributed by atoms with Gasteiger partial charge in [-0.25, -0.2) is 4.98 Å². The molecule has 1 aliphatic heterocycles. The van der Waals surface area contributed by atoms with Crippen molar-refractivity contribution in [3.63, 3.8) is 0 Å². The third-order valence-electron chi connectivity index (χ3n) is 4.94. The Morgan fingerprint density at radius 1 is 1.07 bits per heavy atom. The largest absolute Gasteiger partial charge is 0.395 e. The number of piperazine rings is 1.